The van der Waals surface area contributed by atoms with Gasteiger partial charge in [0.25, 0.3) is 0 Å². The number of hydrogen-bond donors (Lipinski definition) is 2. The Morgan fingerprint density at radius 2 is 1.89 bits per heavy atom. The van der Waals surface area contributed by atoms with Gasteiger partial charge in [-0.05, 0) is 38.7 Å². The van der Waals surface area contributed by atoms with Gasteiger partial charge in [0.15, 0.2) is 17.3 Å². The number of aliphatic hydroxyl groups excluding tert-OH is 1. The summed E-state index contributed by atoms with van der Waals surface area (Å²) in [5, 5.41) is 18.1. The van der Waals surface area contributed by atoms with Crippen LogP contribution in [0.5, 0.6) is 0 Å². The zero-order chi connectivity index (χ0) is 25.8. The SMILES string of the molecule is CC(=O)c1c(C2CC3CC[C@@H](C2)N3C(=O)CO)nc2c(-c3ccc(-c4ncn(C)n4)nc3)cnn2c1N. The number of rotatable bonds is 5. The van der Waals surface area contributed by atoms with Gasteiger partial charge in [-0.25, -0.2) is 9.97 Å². The maximum absolute atomic E-state index is 12.7. The van der Waals surface area contributed by atoms with Gasteiger partial charge in [0.1, 0.15) is 24.4 Å². The summed E-state index contributed by atoms with van der Waals surface area (Å²) < 4.78 is 3.12. The molecule has 190 valence electrons. The highest BCUT2D eigenvalue weighted by Gasteiger charge is 2.44. The lowest BCUT2D eigenvalue weighted by Gasteiger charge is -2.39. The molecule has 0 aromatic carbocycles. The average molecular weight is 502 g/mol. The van der Waals surface area contributed by atoms with E-state index in [1.54, 1.807) is 30.5 Å². The molecule has 2 saturated heterocycles. The Balaban J connectivity index is 1.41. The zero-order valence-electron chi connectivity index (χ0n) is 20.6. The first-order valence-electron chi connectivity index (χ1n) is 12.3. The third-order valence-corrected chi connectivity index (χ3v) is 7.51. The fourth-order valence-electron chi connectivity index (χ4n) is 5.92. The van der Waals surface area contributed by atoms with Gasteiger partial charge in [0.2, 0.25) is 5.91 Å². The number of piperidine rings is 1. The quantitative estimate of drug-likeness (QED) is 0.388. The molecule has 0 radical (unpaired) electrons. The number of Topliss-reactive ketones (excluding diaryl/α,β-unsaturated/α-hetero) is 1. The number of aromatic nitrogens is 7. The van der Waals surface area contributed by atoms with Gasteiger partial charge in [0.05, 0.1) is 17.5 Å². The van der Waals surface area contributed by atoms with Gasteiger partial charge in [-0.1, -0.05) is 6.07 Å². The van der Waals surface area contributed by atoms with Crippen LogP contribution in [-0.2, 0) is 11.8 Å². The summed E-state index contributed by atoms with van der Waals surface area (Å²) in [5.41, 5.74) is 10.3. The van der Waals surface area contributed by atoms with E-state index in [-0.39, 0.29) is 35.5 Å². The van der Waals surface area contributed by atoms with Crippen LogP contribution in [-0.4, -0.2) is 74.7 Å². The van der Waals surface area contributed by atoms with E-state index in [0.717, 1.165) is 24.0 Å². The number of amides is 1. The maximum Gasteiger partial charge on any atom is 0.248 e. The van der Waals surface area contributed by atoms with Gasteiger partial charge < -0.3 is 15.7 Å². The monoisotopic (exact) mass is 501 g/mol. The van der Waals surface area contributed by atoms with Gasteiger partial charge in [-0.3, -0.25) is 19.3 Å². The number of aliphatic hydroxyl groups is 1. The van der Waals surface area contributed by atoms with Crippen molar-refractivity contribution in [1.29, 1.82) is 0 Å². The van der Waals surface area contributed by atoms with Crippen LogP contribution in [0.2, 0.25) is 0 Å². The van der Waals surface area contributed by atoms with Crippen LogP contribution < -0.4 is 5.73 Å². The third kappa shape index (κ3) is 3.75. The molecule has 2 unspecified atom stereocenters. The molecule has 37 heavy (non-hydrogen) atoms. The summed E-state index contributed by atoms with van der Waals surface area (Å²) in [7, 11) is 1.80. The van der Waals surface area contributed by atoms with Crippen molar-refractivity contribution in [2.75, 3.05) is 12.3 Å². The molecule has 2 bridgehead atoms. The molecule has 0 saturated carbocycles. The number of nitrogens with zero attached hydrogens (tertiary/aromatic N) is 8. The Morgan fingerprint density at radius 3 is 2.49 bits per heavy atom. The van der Waals surface area contributed by atoms with Crippen LogP contribution in [0.4, 0.5) is 5.82 Å². The molecule has 12 heteroatoms. The number of nitrogen functional groups attached to an aromatic ring is 1. The summed E-state index contributed by atoms with van der Waals surface area (Å²) in [6.07, 6.45) is 8.10. The molecule has 6 rings (SSSR count). The van der Waals surface area contributed by atoms with Crippen molar-refractivity contribution in [3.05, 3.63) is 42.1 Å². The first-order valence-corrected chi connectivity index (χ1v) is 12.3. The molecule has 3 atom stereocenters. The van der Waals surface area contributed by atoms with E-state index in [2.05, 4.69) is 20.2 Å². The smallest absolute Gasteiger partial charge is 0.248 e. The van der Waals surface area contributed by atoms with Crippen molar-refractivity contribution in [3.8, 4) is 22.6 Å². The highest BCUT2D eigenvalue weighted by molar-refractivity contribution is 6.00. The zero-order valence-corrected chi connectivity index (χ0v) is 20.6. The molecule has 1 amide bonds. The van der Waals surface area contributed by atoms with E-state index < -0.39 is 6.61 Å². The Hall–Kier alpha value is -4.19. The molecule has 2 fully saturated rings. The van der Waals surface area contributed by atoms with Crippen LogP contribution in [0.15, 0.2) is 30.9 Å². The minimum atomic E-state index is -0.490. The standard InChI is InChI=1S/C25H27N9O3/c1-13(36)21-22(15-7-16-4-5-17(8-15)33(16)20(37)11-35)30-25-18(10-29-34(25)23(21)26)14-3-6-19(27-9-14)24-28-12-32(2)31-24/h3,6,9-10,12,15-17,35H,4-5,7-8,11,26H2,1-2H3/t15?,16-,17?/m0/s1. The summed E-state index contributed by atoms with van der Waals surface area (Å²) in [5.74, 6) is 0.335. The van der Waals surface area contributed by atoms with Crippen LogP contribution >= 0.6 is 0 Å². The van der Waals surface area contributed by atoms with Crippen LogP contribution in [0, 0.1) is 0 Å². The Morgan fingerprint density at radius 1 is 1.14 bits per heavy atom. The number of ketones is 1. The largest absolute Gasteiger partial charge is 0.387 e. The third-order valence-electron chi connectivity index (χ3n) is 7.51. The molecule has 6 heterocycles. The van der Waals surface area contributed by atoms with Gasteiger partial charge in [-0.2, -0.15) is 9.61 Å². The number of aryl methyl sites for hydroxylation is 1. The molecule has 3 N–H and O–H groups in total. The highest BCUT2D eigenvalue weighted by Crippen LogP contribution is 2.44. The van der Waals surface area contributed by atoms with Crippen LogP contribution in [0.1, 0.15) is 54.6 Å². The number of fused-ring (bicyclic) bond motifs is 3. The maximum atomic E-state index is 12.7. The van der Waals surface area contributed by atoms with Crippen molar-refractivity contribution >= 4 is 23.2 Å². The number of nitrogens with two attached hydrogens (primary N) is 1. The first-order chi connectivity index (χ1) is 17.9. The van der Waals surface area contributed by atoms with Crippen LogP contribution in [0.3, 0.4) is 0 Å². The Bertz CT molecular complexity index is 1510. The number of hydrogen-bond acceptors (Lipinski definition) is 9. The predicted molar refractivity (Wildman–Crippen MR) is 133 cm³/mol. The number of carbonyl (C=O) groups is 2. The second kappa shape index (κ2) is 8.73. The van der Waals surface area contributed by atoms with Crippen molar-refractivity contribution in [2.45, 2.75) is 50.6 Å². The van der Waals surface area contributed by atoms with E-state index in [9.17, 15) is 14.7 Å². The fraction of sp³-hybridized carbons (Fsp3) is 0.400. The van der Waals surface area contributed by atoms with Gasteiger partial charge in [-0.15, -0.1) is 5.10 Å². The second-order valence-electron chi connectivity index (χ2n) is 9.79. The van der Waals surface area contributed by atoms with Crippen molar-refractivity contribution < 1.29 is 14.7 Å². The topological polar surface area (TPSA) is 157 Å². The number of anilines is 1. The molecular weight excluding hydrogens is 474 g/mol. The fourth-order valence-corrected chi connectivity index (χ4v) is 5.92. The molecule has 2 aliphatic rings. The summed E-state index contributed by atoms with van der Waals surface area (Å²) in [6, 6.07) is 3.78. The van der Waals surface area contributed by atoms with Crippen molar-refractivity contribution in [1.82, 2.24) is 39.2 Å². The summed E-state index contributed by atoms with van der Waals surface area (Å²) in [4.78, 5) is 40.6. The average Bonchev–Trinajstić information content (AvgIpc) is 3.59. The normalized spacial score (nSPS) is 21.1. The number of carbonyl (C=O) groups excluding carboxylic acids is 2. The predicted octanol–water partition coefficient (Wildman–Crippen LogP) is 1.60. The summed E-state index contributed by atoms with van der Waals surface area (Å²) >= 11 is 0. The van der Waals surface area contributed by atoms with Gasteiger partial charge in [0, 0.05) is 42.4 Å². The van der Waals surface area contributed by atoms with E-state index in [1.807, 2.05) is 17.0 Å². The Labute approximate surface area is 212 Å². The van der Waals surface area contributed by atoms with Crippen molar-refractivity contribution in [3.63, 3.8) is 0 Å². The second-order valence-corrected chi connectivity index (χ2v) is 9.79. The Kier molecular flexibility index (Phi) is 5.48. The minimum Gasteiger partial charge on any atom is -0.387 e. The van der Waals surface area contributed by atoms with E-state index in [1.165, 1.54) is 11.4 Å². The lowest BCUT2D eigenvalue weighted by molar-refractivity contribution is -0.138. The van der Waals surface area contributed by atoms with Crippen molar-refractivity contribution in [2.24, 2.45) is 7.05 Å². The van der Waals surface area contributed by atoms with E-state index >= 15 is 0 Å². The highest BCUT2D eigenvalue weighted by atomic mass is 16.3. The van der Waals surface area contributed by atoms with E-state index in [0.29, 0.717) is 41.3 Å². The molecular formula is C25H27N9O3. The lowest BCUT2D eigenvalue weighted by atomic mass is 9.85. The van der Waals surface area contributed by atoms with Gasteiger partial charge >= 0.3 is 0 Å². The molecule has 4 aromatic heterocycles. The van der Waals surface area contributed by atoms with E-state index in [4.69, 9.17) is 10.7 Å². The molecule has 0 aliphatic carbocycles. The summed E-state index contributed by atoms with van der Waals surface area (Å²) in [6.45, 7) is 0.996. The van der Waals surface area contributed by atoms with Crippen LogP contribution in [0.25, 0.3) is 28.3 Å². The molecule has 0 spiro atoms. The molecule has 4 aromatic rings. The first kappa shape index (κ1) is 23.2. The number of pyridine rings is 1. The minimum absolute atomic E-state index is 0.0174. The molecule has 12 nitrogen and oxygen atoms in total. The molecule has 2 aliphatic heterocycles. The lowest BCUT2D eigenvalue weighted by Crippen LogP contribution is -2.47.